The number of hydrogen-bond donors (Lipinski definition) is 0. The number of hydrogen-bond acceptors (Lipinski definition) is 4. The molecule has 0 fully saturated rings. The molecule has 0 radical (unpaired) electrons. The average molecular weight is 987 g/mol. The van der Waals surface area contributed by atoms with Crippen molar-refractivity contribution in [1.82, 2.24) is 9.55 Å². The van der Waals surface area contributed by atoms with Crippen LogP contribution in [0.5, 0.6) is 11.5 Å². The molecule has 4 heterocycles. The van der Waals surface area contributed by atoms with Gasteiger partial charge in [0.25, 0.3) is 0 Å². The van der Waals surface area contributed by atoms with Crippen molar-refractivity contribution >= 4 is 63.0 Å². The van der Waals surface area contributed by atoms with Gasteiger partial charge in [0.2, 0.25) is 0 Å². The number of ether oxygens (including phenoxy) is 1. The molecule has 302 valence electrons. The number of aromatic nitrogens is 2. The SMILES string of the molecule is CC(C)(C)c1ccnc(-n2c3[c-]c(Oc4[c-]c(N5[CH-]N(c6c(-c7ccccc7)cccc6-c6ccccc6)c6ccccc65)ccc4)cc4c3c3c(cccc32)[Si]4(C)C)c1.[Pt]. The summed E-state index contributed by atoms with van der Waals surface area (Å²) in [7, 11) is -2.04. The Morgan fingerprint density at radius 2 is 1.25 bits per heavy atom. The molecule has 0 saturated carbocycles. The molecule has 2 aliphatic heterocycles. The van der Waals surface area contributed by atoms with Crippen LogP contribution in [-0.2, 0) is 26.5 Å². The fraction of sp³-hybridized carbons (Fsp3) is 0.111. The third-order valence-electron chi connectivity index (χ3n) is 12.3. The molecule has 7 heteroatoms. The van der Waals surface area contributed by atoms with Crippen molar-refractivity contribution in [1.29, 1.82) is 0 Å². The average Bonchev–Trinajstić information content (AvgIpc) is 3.90. The monoisotopic (exact) mass is 986 g/mol. The van der Waals surface area contributed by atoms with Crippen molar-refractivity contribution < 1.29 is 25.8 Å². The molecule has 61 heavy (non-hydrogen) atoms. The van der Waals surface area contributed by atoms with Gasteiger partial charge in [-0.2, -0.15) is 11.3 Å². The Morgan fingerprint density at radius 1 is 0.607 bits per heavy atom. The molecule has 2 aliphatic rings. The molecule has 9 aromatic rings. The summed E-state index contributed by atoms with van der Waals surface area (Å²) in [5.74, 6) is 2.20. The first-order chi connectivity index (χ1) is 29.1. The molecule has 2 aromatic heterocycles. The van der Waals surface area contributed by atoms with Crippen LogP contribution in [0, 0.1) is 18.8 Å². The predicted molar refractivity (Wildman–Crippen MR) is 251 cm³/mol. The Hall–Kier alpha value is -6.20. The number of benzene rings is 7. The van der Waals surface area contributed by atoms with Crippen molar-refractivity contribution in [3.63, 3.8) is 0 Å². The normalized spacial score (nSPS) is 13.9. The van der Waals surface area contributed by atoms with Crippen LogP contribution in [-0.4, -0.2) is 17.6 Å². The maximum atomic E-state index is 6.85. The molecule has 0 atom stereocenters. The number of nitrogens with zero attached hydrogens (tertiary/aromatic N) is 4. The van der Waals surface area contributed by atoms with Gasteiger partial charge < -0.3 is 19.1 Å². The van der Waals surface area contributed by atoms with Crippen LogP contribution < -0.4 is 24.9 Å². The third-order valence-corrected chi connectivity index (χ3v) is 15.8. The van der Waals surface area contributed by atoms with Crippen LogP contribution >= 0.6 is 0 Å². The van der Waals surface area contributed by atoms with Gasteiger partial charge in [0.15, 0.2) is 0 Å². The van der Waals surface area contributed by atoms with Crippen molar-refractivity contribution in [2.75, 3.05) is 9.80 Å². The van der Waals surface area contributed by atoms with E-state index >= 15 is 0 Å². The van der Waals surface area contributed by atoms with Gasteiger partial charge in [-0.05, 0) is 57.8 Å². The molecular weight excluding hydrogens is 944 g/mol. The van der Waals surface area contributed by atoms with Crippen molar-refractivity contribution in [2.45, 2.75) is 39.3 Å². The molecule has 11 rings (SSSR count). The molecule has 0 amide bonds. The van der Waals surface area contributed by atoms with Crippen LogP contribution in [0.4, 0.5) is 22.7 Å². The van der Waals surface area contributed by atoms with E-state index in [1.165, 1.54) is 32.2 Å². The maximum Gasteiger partial charge on any atom is 0.135 e. The fourth-order valence-electron chi connectivity index (χ4n) is 9.28. The minimum atomic E-state index is -2.04. The van der Waals surface area contributed by atoms with Gasteiger partial charge in [-0.3, -0.25) is 0 Å². The van der Waals surface area contributed by atoms with Crippen LogP contribution in [0.2, 0.25) is 13.1 Å². The number of para-hydroxylation sites is 3. The van der Waals surface area contributed by atoms with E-state index in [2.05, 4.69) is 219 Å². The van der Waals surface area contributed by atoms with E-state index in [0.29, 0.717) is 11.5 Å². The first-order valence-corrected chi connectivity index (χ1v) is 23.6. The Labute approximate surface area is 373 Å². The summed E-state index contributed by atoms with van der Waals surface area (Å²) in [6.45, 7) is 13.8. The minimum Gasteiger partial charge on any atom is -0.509 e. The number of rotatable bonds is 7. The van der Waals surface area contributed by atoms with Gasteiger partial charge in [-0.1, -0.05) is 148 Å². The van der Waals surface area contributed by atoms with Crippen molar-refractivity contribution in [3.8, 4) is 39.6 Å². The van der Waals surface area contributed by atoms with Crippen LogP contribution in [0.1, 0.15) is 26.3 Å². The largest absolute Gasteiger partial charge is 0.509 e. The third kappa shape index (κ3) is 6.35. The smallest absolute Gasteiger partial charge is 0.135 e. The van der Waals surface area contributed by atoms with Crippen LogP contribution in [0.15, 0.2) is 164 Å². The zero-order valence-corrected chi connectivity index (χ0v) is 38.0. The zero-order valence-electron chi connectivity index (χ0n) is 34.7. The molecule has 5 nitrogen and oxygen atoms in total. The first kappa shape index (κ1) is 39.0. The molecular formula is C54H43N4OPtSi-3. The van der Waals surface area contributed by atoms with Gasteiger partial charge in [-0.25, -0.2) is 4.98 Å². The maximum absolute atomic E-state index is 6.85. The summed E-state index contributed by atoms with van der Waals surface area (Å²) in [5, 5.41) is 5.42. The van der Waals surface area contributed by atoms with E-state index in [-0.39, 0.29) is 26.5 Å². The van der Waals surface area contributed by atoms with E-state index in [9.17, 15) is 0 Å². The Morgan fingerprint density at radius 3 is 1.93 bits per heavy atom. The molecule has 0 unspecified atom stereocenters. The van der Waals surface area contributed by atoms with Gasteiger partial charge >= 0.3 is 0 Å². The van der Waals surface area contributed by atoms with Crippen LogP contribution in [0.25, 0.3) is 49.9 Å². The summed E-state index contributed by atoms with van der Waals surface area (Å²) < 4.78 is 9.13. The van der Waals surface area contributed by atoms with Crippen LogP contribution in [0.3, 0.4) is 0 Å². The molecule has 0 spiro atoms. The number of anilines is 4. The first-order valence-electron chi connectivity index (χ1n) is 20.6. The zero-order chi connectivity index (χ0) is 40.8. The van der Waals surface area contributed by atoms with Gasteiger partial charge in [-0.15, -0.1) is 48.1 Å². The van der Waals surface area contributed by atoms with Gasteiger partial charge in [0, 0.05) is 72.5 Å². The van der Waals surface area contributed by atoms with E-state index in [1.54, 1.807) is 0 Å². The second kappa shape index (κ2) is 14.8. The van der Waals surface area contributed by atoms with Crippen molar-refractivity contribution in [3.05, 3.63) is 188 Å². The fourth-order valence-corrected chi connectivity index (χ4v) is 12.3. The molecule has 0 N–H and O–H groups in total. The number of fused-ring (bicyclic) bond motifs is 1. The van der Waals surface area contributed by atoms with E-state index in [4.69, 9.17) is 9.72 Å². The molecule has 7 aromatic carbocycles. The topological polar surface area (TPSA) is 33.5 Å². The predicted octanol–water partition coefficient (Wildman–Crippen LogP) is 12.7. The summed E-state index contributed by atoms with van der Waals surface area (Å²) in [6, 6.07) is 63.3. The second-order valence-electron chi connectivity index (χ2n) is 17.4. The number of pyridine rings is 1. The van der Waals surface area contributed by atoms with Gasteiger partial charge in [0.1, 0.15) is 5.82 Å². The molecule has 0 aliphatic carbocycles. The quantitative estimate of drug-likeness (QED) is 0.118. The molecule has 0 saturated heterocycles. The summed E-state index contributed by atoms with van der Waals surface area (Å²) in [4.78, 5) is 9.48. The summed E-state index contributed by atoms with van der Waals surface area (Å²) in [5.41, 5.74) is 12.2. The summed E-state index contributed by atoms with van der Waals surface area (Å²) >= 11 is 0. The minimum absolute atomic E-state index is 0. The standard InChI is InChI=1S/C54H43N4OSi.Pt/c1-54(2,3)38-29-30-55-50(31-38)58-46-27-16-28-48-51(46)52-47(58)33-41(34-49(52)60(48,4)5)59-40-22-14-21-39(32-40)56-35-57(45-26-13-12-25-44(45)56)53-42(36-17-8-6-9-18-36)23-15-24-43(53)37-19-10-7-11-20-37;/h6-31,34-35H,1-5H3;/q-3;. The van der Waals surface area contributed by atoms with E-state index < -0.39 is 8.07 Å². The Bertz CT molecular complexity index is 3080. The van der Waals surface area contributed by atoms with E-state index in [1.807, 2.05) is 12.3 Å². The second-order valence-corrected chi connectivity index (χ2v) is 21.7. The summed E-state index contributed by atoms with van der Waals surface area (Å²) in [6.07, 6.45) is 1.93. The Kier molecular flexibility index (Phi) is 9.43. The van der Waals surface area contributed by atoms with Gasteiger partial charge in [0.05, 0.1) is 8.07 Å². The van der Waals surface area contributed by atoms with E-state index in [0.717, 1.165) is 56.3 Å². The van der Waals surface area contributed by atoms with Crippen molar-refractivity contribution in [2.24, 2.45) is 0 Å². The Balaban J connectivity index is 0.00000445. The molecule has 0 bridgehead atoms.